The molecular formula is C18H34N4O3. The summed E-state index contributed by atoms with van der Waals surface area (Å²) in [4.78, 5) is 30.9. The van der Waals surface area contributed by atoms with Crippen LogP contribution in [0.25, 0.3) is 0 Å². The predicted octanol–water partition coefficient (Wildman–Crippen LogP) is 0.143. The number of rotatable bonds is 6. The van der Waals surface area contributed by atoms with Gasteiger partial charge in [0.15, 0.2) is 0 Å². The molecule has 2 aliphatic heterocycles. The molecule has 25 heavy (non-hydrogen) atoms. The second kappa shape index (κ2) is 10.1. The van der Waals surface area contributed by atoms with E-state index in [0.29, 0.717) is 26.3 Å². The summed E-state index contributed by atoms with van der Waals surface area (Å²) >= 11 is 0. The van der Waals surface area contributed by atoms with Gasteiger partial charge in [-0.15, -0.1) is 0 Å². The summed E-state index contributed by atoms with van der Waals surface area (Å²) in [5.74, 6) is 0.456. The second-order valence-electron chi connectivity index (χ2n) is 7.00. The fraction of sp³-hybridized carbons (Fsp3) is 0.889. The van der Waals surface area contributed by atoms with Crippen molar-refractivity contribution in [1.29, 1.82) is 0 Å². The Morgan fingerprint density at radius 2 is 1.80 bits per heavy atom. The van der Waals surface area contributed by atoms with Crippen LogP contribution < -0.4 is 5.73 Å². The molecule has 0 radical (unpaired) electrons. The molecule has 2 N–H and O–H groups in total. The third kappa shape index (κ3) is 5.66. The Hall–Kier alpha value is -1.18. The van der Waals surface area contributed by atoms with Crippen molar-refractivity contribution >= 4 is 11.8 Å². The highest BCUT2D eigenvalue weighted by atomic mass is 16.5. The predicted molar refractivity (Wildman–Crippen MR) is 97.1 cm³/mol. The summed E-state index contributed by atoms with van der Waals surface area (Å²) in [6, 6.07) is -0.423. The second-order valence-corrected chi connectivity index (χ2v) is 7.00. The van der Waals surface area contributed by atoms with Gasteiger partial charge in [0.2, 0.25) is 11.8 Å². The van der Waals surface area contributed by atoms with Crippen LogP contribution in [0.2, 0.25) is 0 Å². The number of nitrogens with zero attached hydrogens (tertiary/aromatic N) is 3. The highest BCUT2D eigenvalue weighted by Gasteiger charge is 2.31. The van der Waals surface area contributed by atoms with Crippen LogP contribution in [0.1, 0.15) is 33.1 Å². The molecule has 2 rings (SSSR count). The molecule has 2 fully saturated rings. The van der Waals surface area contributed by atoms with Crippen molar-refractivity contribution in [2.75, 3.05) is 59.0 Å². The summed E-state index contributed by atoms with van der Waals surface area (Å²) in [6.07, 6.45) is 2.62. The first-order valence-corrected chi connectivity index (χ1v) is 9.69. The Kier molecular flexibility index (Phi) is 8.12. The van der Waals surface area contributed by atoms with Crippen molar-refractivity contribution in [1.82, 2.24) is 14.7 Å². The van der Waals surface area contributed by atoms with Crippen molar-refractivity contribution in [2.45, 2.75) is 39.2 Å². The first-order chi connectivity index (χ1) is 12.1. The molecule has 2 aliphatic rings. The van der Waals surface area contributed by atoms with Crippen LogP contribution >= 0.6 is 0 Å². The lowest BCUT2D eigenvalue weighted by Crippen LogP contribution is -2.50. The molecule has 2 amide bonds. The molecule has 0 spiro atoms. The van der Waals surface area contributed by atoms with Gasteiger partial charge in [-0.05, 0) is 39.0 Å². The van der Waals surface area contributed by atoms with E-state index >= 15 is 0 Å². The molecule has 0 aromatic carbocycles. The normalized spacial score (nSPS) is 21.6. The molecule has 0 aliphatic carbocycles. The van der Waals surface area contributed by atoms with E-state index in [2.05, 4.69) is 4.90 Å². The van der Waals surface area contributed by atoms with Gasteiger partial charge in [-0.1, -0.05) is 0 Å². The Labute approximate surface area is 151 Å². The summed E-state index contributed by atoms with van der Waals surface area (Å²) in [5.41, 5.74) is 6.24. The average molecular weight is 354 g/mol. The van der Waals surface area contributed by atoms with Gasteiger partial charge in [-0.3, -0.25) is 14.5 Å². The van der Waals surface area contributed by atoms with E-state index in [1.807, 2.05) is 23.6 Å². The number of hydrogen-bond acceptors (Lipinski definition) is 5. The number of nitrogens with two attached hydrogens (primary N) is 1. The Morgan fingerprint density at radius 3 is 2.44 bits per heavy atom. The van der Waals surface area contributed by atoms with Gasteiger partial charge in [0, 0.05) is 52.5 Å². The lowest BCUT2D eigenvalue weighted by Gasteiger charge is -2.31. The fourth-order valence-corrected chi connectivity index (χ4v) is 3.70. The van der Waals surface area contributed by atoms with Gasteiger partial charge in [0.05, 0.1) is 12.6 Å². The van der Waals surface area contributed by atoms with Crippen molar-refractivity contribution in [3.05, 3.63) is 0 Å². The summed E-state index contributed by atoms with van der Waals surface area (Å²) in [6.45, 7) is 10.3. The molecule has 0 aromatic heterocycles. The van der Waals surface area contributed by atoms with Crippen molar-refractivity contribution in [2.24, 2.45) is 11.7 Å². The van der Waals surface area contributed by atoms with E-state index in [4.69, 9.17) is 10.5 Å². The van der Waals surface area contributed by atoms with Crippen LogP contribution in [0.5, 0.6) is 0 Å². The minimum absolute atomic E-state index is 0.0591. The maximum atomic E-state index is 12.7. The summed E-state index contributed by atoms with van der Waals surface area (Å²) in [5, 5.41) is 0. The van der Waals surface area contributed by atoms with Gasteiger partial charge >= 0.3 is 0 Å². The Bertz CT molecular complexity index is 436. The first-order valence-electron chi connectivity index (χ1n) is 9.69. The average Bonchev–Trinajstić information content (AvgIpc) is 2.88. The van der Waals surface area contributed by atoms with Crippen LogP contribution in [-0.4, -0.2) is 91.6 Å². The van der Waals surface area contributed by atoms with Gasteiger partial charge in [-0.25, -0.2) is 0 Å². The fourth-order valence-electron chi connectivity index (χ4n) is 3.70. The monoisotopic (exact) mass is 354 g/mol. The molecule has 0 saturated carbocycles. The number of ether oxygens (including phenoxy) is 1. The van der Waals surface area contributed by atoms with E-state index in [0.717, 1.165) is 52.0 Å². The number of carbonyl (C=O) groups is 2. The van der Waals surface area contributed by atoms with E-state index < -0.39 is 6.04 Å². The lowest BCUT2D eigenvalue weighted by atomic mass is 9.91. The van der Waals surface area contributed by atoms with Crippen LogP contribution in [0, 0.1) is 5.92 Å². The van der Waals surface area contributed by atoms with Crippen molar-refractivity contribution in [3.63, 3.8) is 0 Å². The molecule has 7 nitrogen and oxygen atoms in total. The number of likely N-dealkylation sites (N-methyl/N-ethyl adjacent to an activating group) is 1. The van der Waals surface area contributed by atoms with Crippen LogP contribution in [-0.2, 0) is 14.3 Å². The molecule has 7 heteroatoms. The third-order valence-electron chi connectivity index (χ3n) is 5.43. The minimum atomic E-state index is -0.423. The zero-order chi connectivity index (χ0) is 18.2. The van der Waals surface area contributed by atoms with Crippen molar-refractivity contribution < 1.29 is 14.3 Å². The van der Waals surface area contributed by atoms with E-state index in [9.17, 15) is 9.59 Å². The minimum Gasteiger partial charge on any atom is -0.381 e. The zero-order valence-electron chi connectivity index (χ0n) is 15.8. The van der Waals surface area contributed by atoms with Crippen LogP contribution in [0.15, 0.2) is 0 Å². The first kappa shape index (κ1) is 20.1. The van der Waals surface area contributed by atoms with E-state index in [1.54, 1.807) is 0 Å². The van der Waals surface area contributed by atoms with Crippen molar-refractivity contribution in [3.8, 4) is 0 Å². The molecular weight excluding hydrogens is 320 g/mol. The maximum Gasteiger partial charge on any atom is 0.239 e. The van der Waals surface area contributed by atoms with Gasteiger partial charge in [0.25, 0.3) is 0 Å². The van der Waals surface area contributed by atoms with Gasteiger partial charge in [0.1, 0.15) is 0 Å². The molecule has 1 unspecified atom stereocenters. The smallest absolute Gasteiger partial charge is 0.239 e. The van der Waals surface area contributed by atoms with Gasteiger partial charge < -0.3 is 20.3 Å². The zero-order valence-corrected chi connectivity index (χ0v) is 15.8. The third-order valence-corrected chi connectivity index (χ3v) is 5.43. The molecule has 2 heterocycles. The van der Waals surface area contributed by atoms with Gasteiger partial charge in [-0.2, -0.15) is 0 Å². The largest absolute Gasteiger partial charge is 0.381 e. The number of carbonyl (C=O) groups excluding carboxylic acids is 2. The summed E-state index contributed by atoms with van der Waals surface area (Å²) < 4.78 is 5.36. The highest BCUT2D eigenvalue weighted by Crippen LogP contribution is 2.19. The number of amides is 2. The quantitative estimate of drug-likeness (QED) is 0.734. The molecule has 2 saturated heterocycles. The summed E-state index contributed by atoms with van der Waals surface area (Å²) in [7, 11) is 0. The maximum absolute atomic E-state index is 12.7. The molecule has 0 bridgehead atoms. The van der Waals surface area contributed by atoms with E-state index in [1.165, 1.54) is 0 Å². The SMILES string of the molecule is CCN(CC)C(=O)CN1CCCN(C(=O)C(N)C2CCOCC2)CC1. The number of hydrogen-bond donors (Lipinski definition) is 1. The topological polar surface area (TPSA) is 79.1 Å². The molecule has 1 atom stereocenters. The molecule has 144 valence electrons. The lowest BCUT2D eigenvalue weighted by molar-refractivity contribution is -0.134. The highest BCUT2D eigenvalue weighted by molar-refractivity contribution is 5.82. The van der Waals surface area contributed by atoms with Crippen LogP contribution in [0.4, 0.5) is 0 Å². The Balaban J connectivity index is 1.83. The standard InChI is InChI=1S/C18H34N4O3/c1-3-21(4-2)16(23)14-20-8-5-9-22(11-10-20)18(24)17(19)15-6-12-25-13-7-15/h15,17H,3-14,19H2,1-2H3. The van der Waals surface area contributed by atoms with Crippen LogP contribution in [0.3, 0.4) is 0 Å². The molecule has 0 aromatic rings. The van der Waals surface area contributed by atoms with E-state index in [-0.39, 0.29) is 17.7 Å². The Morgan fingerprint density at radius 1 is 1.12 bits per heavy atom.